The number of carbonyl (C=O) groups excluding carboxylic acids is 1. The minimum absolute atomic E-state index is 0.225. The summed E-state index contributed by atoms with van der Waals surface area (Å²) in [4.78, 5) is 13.3. The van der Waals surface area contributed by atoms with Crippen LogP contribution in [-0.2, 0) is 4.74 Å². The smallest absolute Gasteiger partial charge is 0.322 e. The molecule has 0 aromatic heterocycles. The molecule has 2 N–H and O–H groups in total. The Morgan fingerprint density at radius 1 is 1.56 bits per heavy atom. The van der Waals surface area contributed by atoms with Crippen molar-refractivity contribution in [3.8, 4) is 0 Å². The second-order valence-corrected chi connectivity index (χ2v) is 4.83. The van der Waals surface area contributed by atoms with Gasteiger partial charge in [0.05, 0.1) is 30.4 Å². The molecule has 18 heavy (non-hydrogen) atoms. The first-order chi connectivity index (χ1) is 8.54. The summed E-state index contributed by atoms with van der Waals surface area (Å²) in [6, 6.07) is 6.73. The molecular weight excluding hydrogens is 256 g/mol. The number of methoxy groups -OCH3 is 1. The average molecular weight is 271 g/mol. The molecule has 0 aliphatic carbocycles. The van der Waals surface area contributed by atoms with Gasteiger partial charge in [-0.1, -0.05) is 23.7 Å². The van der Waals surface area contributed by atoms with Crippen LogP contribution in [0.2, 0.25) is 5.02 Å². The van der Waals surface area contributed by atoms with E-state index in [0.717, 1.165) is 0 Å². The number of aliphatic hydroxyl groups is 1. The normalized spacial score (nSPS) is 17.2. The van der Waals surface area contributed by atoms with Crippen molar-refractivity contribution in [2.45, 2.75) is 5.60 Å². The van der Waals surface area contributed by atoms with E-state index < -0.39 is 5.60 Å². The van der Waals surface area contributed by atoms with Crippen LogP contribution < -0.4 is 5.32 Å². The van der Waals surface area contributed by atoms with Gasteiger partial charge in [0.2, 0.25) is 0 Å². The van der Waals surface area contributed by atoms with Crippen molar-refractivity contribution in [3.05, 3.63) is 29.3 Å². The van der Waals surface area contributed by atoms with Gasteiger partial charge in [-0.2, -0.15) is 0 Å². The van der Waals surface area contributed by atoms with E-state index >= 15 is 0 Å². The minimum atomic E-state index is -0.924. The topological polar surface area (TPSA) is 61.8 Å². The SMILES string of the molecule is COCC1(O)CN(C(=O)Nc2ccccc2Cl)C1. The summed E-state index contributed by atoms with van der Waals surface area (Å²) in [6.07, 6.45) is 0. The maximum atomic E-state index is 11.8. The van der Waals surface area contributed by atoms with Gasteiger partial charge in [0.25, 0.3) is 0 Å². The summed E-state index contributed by atoms with van der Waals surface area (Å²) >= 11 is 5.94. The second kappa shape index (κ2) is 5.14. The number of anilines is 1. The molecule has 1 aromatic rings. The number of nitrogens with zero attached hydrogens (tertiary/aromatic N) is 1. The van der Waals surface area contributed by atoms with Crippen molar-refractivity contribution in [1.82, 2.24) is 4.90 Å². The van der Waals surface area contributed by atoms with Crippen LogP contribution in [0, 0.1) is 0 Å². The number of ether oxygens (including phenoxy) is 1. The molecule has 0 atom stereocenters. The van der Waals surface area contributed by atoms with Gasteiger partial charge in [0.1, 0.15) is 5.60 Å². The number of amides is 2. The highest BCUT2D eigenvalue weighted by Gasteiger charge is 2.43. The molecule has 0 bridgehead atoms. The zero-order valence-corrected chi connectivity index (χ0v) is 10.8. The number of β-amino-alcohol motifs (C(OH)–C–C–N with tert-alkyl or cyclic N) is 1. The number of carbonyl (C=O) groups is 1. The molecule has 0 radical (unpaired) electrons. The van der Waals surface area contributed by atoms with Gasteiger partial charge in [-0.25, -0.2) is 4.79 Å². The molecule has 0 spiro atoms. The standard InChI is InChI=1S/C12H15ClN2O3/c1-18-8-12(17)6-15(7-12)11(16)14-10-5-3-2-4-9(10)13/h2-5,17H,6-8H2,1H3,(H,14,16). The highest BCUT2D eigenvalue weighted by molar-refractivity contribution is 6.33. The van der Waals surface area contributed by atoms with Gasteiger partial charge in [0.15, 0.2) is 0 Å². The summed E-state index contributed by atoms with van der Waals surface area (Å²) in [5.41, 5.74) is -0.363. The van der Waals surface area contributed by atoms with Crippen LogP contribution in [0.4, 0.5) is 10.5 Å². The van der Waals surface area contributed by atoms with Gasteiger partial charge < -0.3 is 20.1 Å². The van der Waals surface area contributed by atoms with Crippen molar-refractivity contribution >= 4 is 23.3 Å². The van der Waals surface area contributed by atoms with E-state index in [4.69, 9.17) is 16.3 Å². The van der Waals surface area contributed by atoms with Crippen LogP contribution in [0.3, 0.4) is 0 Å². The fraction of sp³-hybridized carbons (Fsp3) is 0.417. The predicted molar refractivity (Wildman–Crippen MR) is 68.9 cm³/mol. The maximum absolute atomic E-state index is 11.8. The summed E-state index contributed by atoms with van der Waals surface area (Å²) in [7, 11) is 1.52. The third-order valence-corrected chi connectivity index (χ3v) is 3.12. The van der Waals surface area contributed by atoms with Gasteiger partial charge in [-0.3, -0.25) is 0 Å². The fourth-order valence-electron chi connectivity index (χ4n) is 1.92. The first-order valence-corrected chi connectivity index (χ1v) is 5.94. The lowest BCUT2D eigenvalue weighted by Crippen LogP contribution is -2.66. The number of likely N-dealkylation sites (tertiary alicyclic amines) is 1. The number of benzene rings is 1. The Hall–Kier alpha value is -1.30. The molecule has 1 aliphatic rings. The monoisotopic (exact) mass is 270 g/mol. The van der Waals surface area contributed by atoms with Crippen LogP contribution in [0.25, 0.3) is 0 Å². The quantitative estimate of drug-likeness (QED) is 0.876. The number of nitrogens with one attached hydrogen (secondary N) is 1. The third-order valence-electron chi connectivity index (χ3n) is 2.79. The Balaban J connectivity index is 1.90. The Kier molecular flexibility index (Phi) is 3.75. The van der Waals surface area contributed by atoms with Gasteiger partial charge in [0, 0.05) is 7.11 Å². The van der Waals surface area contributed by atoms with Gasteiger partial charge in [-0.15, -0.1) is 0 Å². The Bertz CT molecular complexity index is 447. The van der Waals surface area contributed by atoms with Crippen molar-refractivity contribution < 1.29 is 14.6 Å². The van der Waals surface area contributed by atoms with Gasteiger partial charge in [-0.05, 0) is 12.1 Å². The lowest BCUT2D eigenvalue weighted by Gasteiger charge is -2.45. The summed E-state index contributed by atoms with van der Waals surface area (Å²) in [5.74, 6) is 0. The molecule has 1 saturated heterocycles. The molecule has 1 aliphatic heterocycles. The Morgan fingerprint density at radius 3 is 2.83 bits per heavy atom. The first kappa shape index (κ1) is 13.1. The van der Waals surface area contributed by atoms with Crippen LogP contribution in [0.1, 0.15) is 0 Å². The minimum Gasteiger partial charge on any atom is -0.384 e. The van der Waals surface area contributed by atoms with E-state index in [1.165, 1.54) is 12.0 Å². The van der Waals surface area contributed by atoms with E-state index in [1.807, 2.05) is 0 Å². The zero-order chi connectivity index (χ0) is 13.2. The second-order valence-electron chi connectivity index (χ2n) is 4.42. The number of halogens is 1. The molecule has 0 unspecified atom stereocenters. The fourth-order valence-corrected chi connectivity index (χ4v) is 2.11. The highest BCUT2D eigenvalue weighted by Crippen LogP contribution is 2.24. The van der Waals surface area contributed by atoms with Crippen LogP contribution in [0.15, 0.2) is 24.3 Å². The third kappa shape index (κ3) is 2.75. The first-order valence-electron chi connectivity index (χ1n) is 5.56. The number of rotatable bonds is 3. The molecule has 1 heterocycles. The molecule has 98 valence electrons. The predicted octanol–water partition coefficient (Wildman–Crippen LogP) is 1.57. The molecule has 2 amide bonds. The number of para-hydroxylation sites is 1. The van der Waals surface area contributed by atoms with E-state index in [-0.39, 0.29) is 25.7 Å². The van der Waals surface area contributed by atoms with Crippen molar-refractivity contribution in [2.24, 2.45) is 0 Å². The molecule has 6 heteroatoms. The van der Waals surface area contributed by atoms with Crippen molar-refractivity contribution in [2.75, 3.05) is 32.1 Å². The van der Waals surface area contributed by atoms with Crippen molar-refractivity contribution in [1.29, 1.82) is 0 Å². The van der Waals surface area contributed by atoms with E-state index in [0.29, 0.717) is 10.7 Å². The Morgan fingerprint density at radius 2 is 2.22 bits per heavy atom. The van der Waals surface area contributed by atoms with Crippen LogP contribution >= 0.6 is 11.6 Å². The number of hydrogen-bond donors (Lipinski definition) is 2. The average Bonchev–Trinajstić information content (AvgIpc) is 2.29. The van der Waals surface area contributed by atoms with Gasteiger partial charge >= 0.3 is 6.03 Å². The zero-order valence-electron chi connectivity index (χ0n) is 10.0. The maximum Gasteiger partial charge on any atom is 0.322 e. The largest absolute Gasteiger partial charge is 0.384 e. The molecule has 5 nitrogen and oxygen atoms in total. The Labute approximate surface area is 110 Å². The molecule has 1 fully saturated rings. The van der Waals surface area contributed by atoms with E-state index in [1.54, 1.807) is 24.3 Å². The highest BCUT2D eigenvalue weighted by atomic mass is 35.5. The van der Waals surface area contributed by atoms with E-state index in [2.05, 4.69) is 5.32 Å². The molecule has 2 rings (SSSR count). The lowest BCUT2D eigenvalue weighted by atomic mass is 9.96. The van der Waals surface area contributed by atoms with Crippen molar-refractivity contribution in [3.63, 3.8) is 0 Å². The van der Waals surface area contributed by atoms with E-state index in [9.17, 15) is 9.90 Å². The lowest BCUT2D eigenvalue weighted by molar-refractivity contribution is -0.113. The molecule has 1 aromatic carbocycles. The summed E-state index contributed by atoms with van der Waals surface area (Å²) in [6.45, 7) is 0.747. The molecule has 0 saturated carbocycles. The van der Waals surface area contributed by atoms with Crippen LogP contribution in [0.5, 0.6) is 0 Å². The number of hydrogen-bond acceptors (Lipinski definition) is 3. The molecular formula is C12H15ClN2O3. The summed E-state index contributed by atoms with van der Waals surface area (Å²) in [5, 5.41) is 13.1. The van der Waals surface area contributed by atoms with Crippen LogP contribution in [-0.4, -0.2) is 48.4 Å². The summed E-state index contributed by atoms with van der Waals surface area (Å²) < 4.78 is 4.88. The number of urea groups is 1.